The minimum Gasteiger partial charge on any atom is -0.497 e. The Balaban J connectivity index is 2.22. The van der Waals surface area contributed by atoms with Gasteiger partial charge in [0.05, 0.1) is 31.6 Å². The fraction of sp³-hybridized carbons (Fsp3) is 0.375. The fourth-order valence-corrected chi connectivity index (χ4v) is 8.34. The molecular weight excluding hydrogens is 442 g/mol. The zero-order chi connectivity index (χ0) is 23.5. The Kier molecular flexibility index (Phi) is 7.27. The number of methoxy groups -OCH3 is 2. The van der Waals surface area contributed by atoms with E-state index in [4.69, 9.17) is 9.47 Å². The number of benzene rings is 2. The van der Waals surface area contributed by atoms with Gasteiger partial charge in [-0.25, -0.2) is 13.2 Å². The minimum absolute atomic E-state index is 0.0415. The minimum atomic E-state index is -3.70. The summed E-state index contributed by atoms with van der Waals surface area (Å²) >= 11 is 0. The molecule has 0 amide bonds. The van der Waals surface area contributed by atoms with Gasteiger partial charge in [0, 0.05) is 14.6 Å². The van der Waals surface area contributed by atoms with Gasteiger partial charge in [-0.2, -0.15) is 4.31 Å². The lowest BCUT2D eigenvalue weighted by Gasteiger charge is -2.32. The van der Waals surface area contributed by atoms with Gasteiger partial charge < -0.3 is 9.47 Å². The van der Waals surface area contributed by atoms with Crippen molar-refractivity contribution in [3.8, 4) is 5.75 Å². The van der Waals surface area contributed by atoms with Crippen LogP contribution < -0.4 is 4.74 Å². The van der Waals surface area contributed by atoms with Gasteiger partial charge in [0.1, 0.15) is 5.75 Å². The van der Waals surface area contributed by atoms with E-state index in [1.807, 2.05) is 42.5 Å². The van der Waals surface area contributed by atoms with Gasteiger partial charge in [-0.3, -0.25) is 0 Å². The molecule has 1 unspecified atom stereocenters. The van der Waals surface area contributed by atoms with Gasteiger partial charge >= 0.3 is 5.97 Å². The lowest BCUT2D eigenvalue weighted by Crippen LogP contribution is -2.39. The van der Waals surface area contributed by atoms with E-state index in [2.05, 4.69) is 19.6 Å². The van der Waals surface area contributed by atoms with E-state index < -0.39 is 30.1 Å². The summed E-state index contributed by atoms with van der Waals surface area (Å²) in [5.74, 6) is 0.127. The predicted molar refractivity (Wildman–Crippen MR) is 130 cm³/mol. The van der Waals surface area contributed by atoms with Crippen molar-refractivity contribution < 1.29 is 22.7 Å². The molecule has 1 heterocycles. The van der Waals surface area contributed by atoms with Crippen LogP contribution in [0.4, 0.5) is 0 Å². The molecule has 0 saturated carbocycles. The maximum Gasteiger partial charge on any atom is 0.335 e. The number of nitrogens with zero attached hydrogens (tertiary/aromatic N) is 1. The van der Waals surface area contributed by atoms with E-state index in [1.165, 1.54) is 11.4 Å². The summed E-state index contributed by atoms with van der Waals surface area (Å²) < 4.78 is 39.4. The maximum atomic E-state index is 13.7. The topological polar surface area (TPSA) is 72.9 Å². The van der Waals surface area contributed by atoms with Crippen molar-refractivity contribution in [1.82, 2.24) is 4.31 Å². The summed E-state index contributed by atoms with van der Waals surface area (Å²) in [6.07, 6.45) is 1.74. The van der Waals surface area contributed by atoms with Crippen molar-refractivity contribution in [3.05, 3.63) is 70.8 Å². The van der Waals surface area contributed by atoms with Crippen molar-refractivity contribution in [1.29, 1.82) is 0 Å². The molecule has 1 aliphatic heterocycles. The first kappa shape index (κ1) is 24.2. The van der Waals surface area contributed by atoms with Crippen LogP contribution in [-0.4, -0.2) is 46.7 Å². The molecule has 32 heavy (non-hydrogen) atoms. The van der Waals surface area contributed by atoms with E-state index in [0.29, 0.717) is 17.4 Å². The van der Waals surface area contributed by atoms with Gasteiger partial charge in [0.2, 0.25) is 10.0 Å². The number of hydrogen-bond acceptors (Lipinski definition) is 5. The first-order chi connectivity index (χ1) is 15.1. The van der Waals surface area contributed by atoms with Crippen molar-refractivity contribution in [2.24, 2.45) is 0 Å². The molecule has 0 bridgehead atoms. The zero-order valence-electron chi connectivity index (χ0n) is 19.3. The number of rotatable bonds is 7. The van der Waals surface area contributed by atoms with Crippen molar-refractivity contribution in [3.63, 3.8) is 0 Å². The number of carbonyl (C=O) groups excluding carboxylic acids is 1. The summed E-state index contributed by atoms with van der Waals surface area (Å²) in [7, 11) is -2.42. The van der Waals surface area contributed by atoms with Crippen molar-refractivity contribution in [2.45, 2.75) is 38.3 Å². The average Bonchev–Trinajstić information content (AvgIpc) is 2.94. The first-order valence-electron chi connectivity index (χ1n) is 10.6. The number of esters is 1. The highest BCUT2D eigenvalue weighted by Gasteiger charge is 2.39. The Morgan fingerprint density at radius 1 is 1.09 bits per heavy atom. The summed E-state index contributed by atoms with van der Waals surface area (Å²) in [5.41, 5.74) is 2.57. The zero-order valence-corrected chi connectivity index (χ0v) is 21.1. The molecule has 0 aliphatic carbocycles. The Morgan fingerprint density at radius 3 is 2.38 bits per heavy atom. The van der Waals surface area contributed by atoms with Crippen LogP contribution >= 0.6 is 0 Å². The molecule has 1 atom stereocenters. The SMILES string of the molecule is COC(=O)C1=Cc2ccc(OC)cc2CN(S(=O)(=O)CC[Si](C)(C)C)C1c1ccccc1. The van der Waals surface area contributed by atoms with Crippen LogP contribution in [-0.2, 0) is 26.1 Å². The summed E-state index contributed by atoms with van der Waals surface area (Å²) in [4.78, 5) is 12.9. The molecule has 8 heteroatoms. The largest absolute Gasteiger partial charge is 0.497 e. The first-order valence-corrected chi connectivity index (χ1v) is 15.9. The monoisotopic (exact) mass is 473 g/mol. The molecule has 0 saturated heterocycles. The van der Waals surface area contributed by atoms with E-state index in [-0.39, 0.29) is 12.3 Å². The van der Waals surface area contributed by atoms with Crippen LogP contribution in [0.2, 0.25) is 25.7 Å². The molecular formula is C24H31NO5SSi. The van der Waals surface area contributed by atoms with E-state index >= 15 is 0 Å². The Labute approximate surface area is 191 Å². The summed E-state index contributed by atoms with van der Waals surface area (Å²) in [5, 5.41) is 0. The third-order valence-corrected chi connectivity index (χ3v) is 9.46. The lowest BCUT2D eigenvalue weighted by atomic mass is 9.97. The molecule has 0 fully saturated rings. The number of hydrogen-bond donors (Lipinski definition) is 0. The number of sulfonamides is 1. The van der Waals surface area contributed by atoms with Crippen LogP contribution in [0.3, 0.4) is 0 Å². The van der Waals surface area contributed by atoms with Gasteiger partial charge in [-0.05, 0) is 40.9 Å². The van der Waals surface area contributed by atoms with Gasteiger partial charge in [0.15, 0.2) is 0 Å². The predicted octanol–water partition coefficient (Wildman–Crippen LogP) is 4.48. The molecule has 0 N–H and O–H groups in total. The second-order valence-electron chi connectivity index (χ2n) is 9.14. The van der Waals surface area contributed by atoms with Gasteiger partial charge in [0.25, 0.3) is 0 Å². The standard InChI is InChI=1S/C24H31NO5SSi/c1-29-21-12-11-19-16-22(24(26)30-2)23(18-9-7-6-8-10-18)25(17-20(19)15-21)31(27,28)13-14-32(3,4)5/h6-12,15-16,23H,13-14,17H2,1-5H3. The highest BCUT2D eigenvalue weighted by atomic mass is 32.2. The molecule has 2 aromatic rings. The molecule has 172 valence electrons. The highest BCUT2D eigenvalue weighted by molar-refractivity contribution is 7.89. The summed E-state index contributed by atoms with van der Waals surface area (Å²) in [6, 6.07) is 14.6. The van der Waals surface area contributed by atoms with Crippen LogP contribution in [0, 0.1) is 0 Å². The van der Waals surface area contributed by atoms with E-state index in [0.717, 1.165) is 16.7 Å². The highest BCUT2D eigenvalue weighted by Crippen LogP contribution is 2.39. The third kappa shape index (κ3) is 5.49. The molecule has 0 spiro atoms. The molecule has 1 aliphatic rings. The average molecular weight is 474 g/mol. The van der Waals surface area contributed by atoms with Crippen molar-refractivity contribution >= 4 is 30.1 Å². The molecule has 6 nitrogen and oxygen atoms in total. The van der Waals surface area contributed by atoms with Crippen molar-refractivity contribution in [2.75, 3.05) is 20.0 Å². The number of fused-ring (bicyclic) bond motifs is 1. The molecule has 2 aromatic carbocycles. The van der Waals surface area contributed by atoms with Gasteiger partial charge in [-0.1, -0.05) is 56.0 Å². The Bertz CT molecular complexity index is 1110. The summed E-state index contributed by atoms with van der Waals surface area (Å²) in [6.45, 7) is 6.59. The smallest absolute Gasteiger partial charge is 0.335 e. The van der Waals surface area contributed by atoms with Crippen LogP contribution in [0.25, 0.3) is 6.08 Å². The van der Waals surface area contributed by atoms with Crippen LogP contribution in [0.5, 0.6) is 5.75 Å². The van der Waals surface area contributed by atoms with Gasteiger partial charge in [-0.15, -0.1) is 0 Å². The molecule has 3 rings (SSSR count). The lowest BCUT2D eigenvalue weighted by molar-refractivity contribution is -0.136. The number of ether oxygens (including phenoxy) is 2. The fourth-order valence-electron chi connectivity index (χ4n) is 3.73. The van der Waals surface area contributed by atoms with Crippen LogP contribution in [0.1, 0.15) is 22.7 Å². The van der Waals surface area contributed by atoms with E-state index in [1.54, 1.807) is 19.3 Å². The quantitative estimate of drug-likeness (QED) is 0.438. The molecule has 0 aromatic heterocycles. The second-order valence-corrected chi connectivity index (χ2v) is 16.8. The number of carbonyl (C=O) groups is 1. The van der Waals surface area contributed by atoms with Crippen LogP contribution in [0.15, 0.2) is 54.1 Å². The Morgan fingerprint density at radius 2 is 1.78 bits per heavy atom. The molecule has 0 radical (unpaired) electrons. The normalized spacial score (nSPS) is 17.2. The maximum absolute atomic E-state index is 13.7. The van der Waals surface area contributed by atoms with E-state index in [9.17, 15) is 13.2 Å². The Hall–Kier alpha value is -2.42. The third-order valence-electron chi connectivity index (χ3n) is 5.57. The second kappa shape index (κ2) is 9.60.